The minimum Gasteiger partial charge on any atom is -0.207 e. The first kappa shape index (κ1) is 11.1. The van der Waals surface area contributed by atoms with E-state index in [9.17, 15) is 8.78 Å². The smallest absolute Gasteiger partial charge is 0.123 e. The van der Waals surface area contributed by atoms with E-state index in [4.69, 9.17) is 0 Å². The summed E-state index contributed by atoms with van der Waals surface area (Å²) in [6.07, 6.45) is 3.69. The Morgan fingerprint density at radius 1 is 0.778 bits per heavy atom. The number of rotatable bonds is 1. The average molecular weight is 242 g/mol. The van der Waals surface area contributed by atoms with Gasteiger partial charge < -0.3 is 0 Å². The van der Waals surface area contributed by atoms with Crippen LogP contribution >= 0.6 is 0 Å². The fourth-order valence-corrected chi connectivity index (χ4v) is 2.38. The molecule has 3 rings (SSSR count). The van der Waals surface area contributed by atoms with Crippen LogP contribution in [0.15, 0.2) is 48.0 Å². The van der Waals surface area contributed by atoms with Crippen LogP contribution in [0.2, 0.25) is 0 Å². The fourth-order valence-electron chi connectivity index (χ4n) is 2.38. The van der Waals surface area contributed by atoms with Crippen molar-refractivity contribution in [1.82, 2.24) is 0 Å². The molecule has 0 nitrogen and oxygen atoms in total. The predicted molar refractivity (Wildman–Crippen MR) is 68.2 cm³/mol. The van der Waals surface area contributed by atoms with E-state index in [1.54, 1.807) is 18.2 Å². The molecule has 0 N–H and O–H groups in total. The molecule has 0 atom stereocenters. The van der Waals surface area contributed by atoms with Gasteiger partial charge in [0.1, 0.15) is 11.6 Å². The summed E-state index contributed by atoms with van der Waals surface area (Å²) in [7, 11) is 0. The molecule has 0 saturated carbocycles. The van der Waals surface area contributed by atoms with Crippen LogP contribution in [-0.4, -0.2) is 0 Å². The van der Waals surface area contributed by atoms with Crippen LogP contribution in [-0.2, 0) is 12.8 Å². The van der Waals surface area contributed by atoms with Gasteiger partial charge in [-0.2, -0.15) is 0 Å². The average Bonchev–Trinajstić information content (AvgIpc) is 2.73. The molecule has 0 amide bonds. The Hall–Kier alpha value is -1.96. The van der Waals surface area contributed by atoms with Crippen LogP contribution in [0.4, 0.5) is 8.78 Å². The van der Waals surface area contributed by atoms with Gasteiger partial charge in [-0.1, -0.05) is 29.8 Å². The summed E-state index contributed by atoms with van der Waals surface area (Å²) in [6, 6.07) is 11.4. The second kappa shape index (κ2) is 4.37. The molecule has 1 aliphatic carbocycles. The van der Waals surface area contributed by atoms with Gasteiger partial charge in [0.2, 0.25) is 0 Å². The fraction of sp³-hybridized carbons (Fsp3) is 0.125. The van der Waals surface area contributed by atoms with Crippen molar-refractivity contribution in [3.8, 4) is 0 Å². The highest BCUT2D eigenvalue weighted by atomic mass is 19.1. The molecule has 1 aliphatic rings. The van der Waals surface area contributed by atoms with Gasteiger partial charge in [0.15, 0.2) is 0 Å². The van der Waals surface area contributed by atoms with Crippen molar-refractivity contribution < 1.29 is 8.78 Å². The topological polar surface area (TPSA) is 0 Å². The van der Waals surface area contributed by atoms with Gasteiger partial charge in [0, 0.05) is 0 Å². The number of hydrogen-bond acceptors (Lipinski definition) is 0. The first-order valence-corrected chi connectivity index (χ1v) is 5.93. The highest BCUT2D eigenvalue weighted by molar-refractivity contribution is 5.57. The van der Waals surface area contributed by atoms with Crippen LogP contribution in [0.3, 0.4) is 0 Å². The Morgan fingerprint density at radius 3 is 2.22 bits per heavy atom. The maximum atomic E-state index is 13.1. The van der Waals surface area contributed by atoms with E-state index >= 15 is 0 Å². The van der Waals surface area contributed by atoms with Crippen LogP contribution in [0.25, 0.3) is 6.08 Å². The van der Waals surface area contributed by atoms with Crippen molar-refractivity contribution in [2.75, 3.05) is 0 Å². The Morgan fingerprint density at radius 2 is 1.44 bits per heavy atom. The molecule has 0 unspecified atom stereocenters. The van der Waals surface area contributed by atoms with E-state index in [-0.39, 0.29) is 11.6 Å². The number of allylic oxidation sites excluding steroid dienone is 1. The number of benzene rings is 2. The van der Waals surface area contributed by atoms with Crippen molar-refractivity contribution in [1.29, 1.82) is 0 Å². The number of fused-ring (bicyclic) bond motifs is 1. The van der Waals surface area contributed by atoms with E-state index in [0.717, 1.165) is 24.0 Å². The quantitative estimate of drug-likeness (QED) is 0.704. The molecule has 0 radical (unpaired) electrons. The van der Waals surface area contributed by atoms with E-state index in [2.05, 4.69) is 6.08 Å². The van der Waals surface area contributed by atoms with Crippen LogP contribution in [0, 0.1) is 11.6 Å². The summed E-state index contributed by atoms with van der Waals surface area (Å²) in [4.78, 5) is 0. The van der Waals surface area contributed by atoms with Gasteiger partial charge in [0.25, 0.3) is 0 Å². The summed E-state index contributed by atoms with van der Waals surface area (Å²) in [5, 5.41) is 0. The third-order valence-corrected chi connectivity index (χ3v) is 3.24. The molecule has 0 spiro atoms. The Kier molecular flexibility index (Phi) is 2.71. The van der Waals surface area contributed by atoms with Gasteiger partial charge in [0.05, 0.1) is 0 Å². The molecule has 18 heavy (non-hydrogen) atoms. The molecule has 0 saturated heterocycles. The van der Waals surface area contributed by atoms with Crippen LogP contribution in [0.5, 0.6) is 0 Å². The van der Waals surface area contributed by atoms with Gasteiger partial charge in [-0.3, -0.25) is 0 Å². The number of hydrogen-bond donors (Lipinski definition) is 0. The molecule has 0 fully saturated rings. The summed E-state index contributed by atoms with van der Waals surface area (Å²) >= 11 is 0. The maximum absolute atomic E-state index is 13.1. The normalized spacial score (nSPS) is 16.0. The lowest BCUT2D eigenvalue weighted by Crippen LogP contribution is -1.82. The molecular weight excluding hydrogens is 230 g/mol. The highest BCUT2D eigenvalue weighted by Crippen LogP contribution is 2.28. The second-order valence-electron chi connectivity index (χ2n) is 4.62. The lowest BCUT2D eigenvalue weighted by Gasteiger charge is -1.97. The third kappa shape index (κ3) is 2.19. The summed E-state index contributed by atoms with van der Waals surface area (Å²) in [5.41, 5.74) is 4.47. The van der Waals surface area contributed by atoms with Crippen molar-refractivity contribution in [2.45, 2.75) is 12.8 Å². The van der Waals surface area contributed by atoms with E-state index in [1.807, 2.05) is 6.07 Å². The maximum Gasteiger partial charge on any atom is 0.123 e. The summed E-state index contributed by atoms with van der Waals surface area (Å²) < 4.78 is 25.9. The minimum atomic E-state index is -0.228. The zero-order valence-electron chi connectivity index (χ0n) is 9.79. The third-order valence-electron chi connectivity index (χ3n) is 3.24. The molecule has 2 aromatic rings. The summed E-state index contributed by atoms with van der Waals surface area (Å²) in [5.74, 6) is -0.411. The van der Waals surface area contributed by atoms with E-state index in [0.29, 0.717) is 0 Å². The Balaban J connectivity index is 1.87. The van der Waals surface area contributed by atoms with Crippen LogP contribution in [0.1, 0.15) is 16.7 Å². The van der Waals surface area contributed by atoms with Gasteiger partial charge >= 0.3 is 0 Å². The molecule has 0 aromatic heterocycles. The van der Waals surface area contributed by atoms with Gasteiger partial charge in [-0.25, -0.2) is 8.78 Å². The zero-order valence-corrected chi connectivity index (χ0v) is 9.79. The monoisotopic (exact) mass is 242 g/mol. The van der Waals surface area contributed by atoms with Gasteiger partial charge in [-0.05, 0) is 53.8 Å². The van der Waals surface area contributed by atoms with Gasteiger partial charge in [-0.15, -0.1) is 0 Å². The van der Waals surface area contributed by atoms with Crippen molar-refractivity contribution >= 4 is 6.08 Å². The lowest BCUT2D eigenvalue weighted by atomic mass is 10.1. The minimum absolute atomic E-state index is 0.184. The van der Waals surface area contributed by atoms with Crippen molar-refractivity contribution in [3.05, 3.63) is 76.4 Å². The Labute approximate surface area is 105 Å². The first-order chi connectivity index (χ1) is 8.70. The van der Waals surface area contributed by atoms with Crippen molar-refractivity contribution in [3.63, 3.8) is 0 Å². The molecule has 0 bridgehead atoms. The molecule has 2 heteroatoms. The largest absolute Gasteiger partial charge is 0.207 e. The van der Waals surface area contributed by atoms with Crippen LogP contribution < -0.4 is 0 Å². The molecule has 0 heterocycles. The standard InChI is InChI=1S/C16H12F2/c17-15-4-1-11(2-5-15)7-12-8-13-3-6-16(18)10-14(13)9-12/h1-7,10H,8-9H2. The zero-order chi connectivity index (χ0) is 12.5. The first-order valence-electron chi connectivity index (χ1n) is 5.93. The Bertz CT molecular complexity index is 609. The molecule has 90 valence electrons. The SMILES string of the molecule is Fc1ccc(C=C2Cc3ccc(F)cc3C2)cc1. The second-order valence-corrected chi connectivity index (χ2v) is 4.62. The number of halogens is 2. The van der Waals surface area contributed by atoms with Crippen molar-refractivity contribution in [2.24, 2.45) is 0 Å². The molecular formula is C16H12F2. The predicted octanol–water partition coefficient (Wildman–Crippen LogP) is 4.15. The lowest BCUT2D eigenvalue weighted by molar-refractivity contribution is 0.626. The molecule has 2 aromatic carbocycles. The summed E-state index contributed by atoms with van der Waals surface area (Å²) in [6.45, 7) is 0. The molecule has 0 aliphatic heterocycles. The van der Waals surface area contributed by atoms with E-state index < -0.39 is 0 Å². The highest BCUT2D eigenvalue weighted by Gasteiger charge is 2.15. The van der Waals surface area contributed by atoms with E-state index in [1.165, 1.54) is 29.3 Å².